The van der Waals surface area contributed by atoms with E-state index in [1.54, 1.807) is 6.20 Å². The van der Waals surface area contributed by atoms with Crippen molar-refractivity contribution in [3.05, 3.63) is 21.6 Å². The quantitative estimate of drug-likeness (QED) is 0.897. The smallest absolute Gasteiger partial charge is 0.287 e. The van der Waals surface area contributed by atoms with Crippen LogP contribution in [0.5, 0.6) is 0 Å². The van der Waals surface area contributed by atoms with Gasteiger partial charge in [0.05, 0.1) is 17.9 Å². The standard InChI is InChI=1S/C13H21ClN4O/c1-8(2)18-13(19)12(14)11(6-16-18)17-5-4-10(15)9(3)7-17/h6,8-10H,4-5,7,15H2,1-3H3. The van der Waals surface area contributed by atoms with E-state index in [0.29, 0.717) is 5.92 Å². The van der Waals surface area contributed by atoms with Crippen LogP contribution >= 0.6 is 11.6 Å². The van der Waals surface area contributed by atoms with Crippen LogP contribution in [0, 0.1) is 5.92 Å². The summed E-state index contributed by atoms with van der Waals surface area (Å²) in [4.78, 5) is 14.2. The Morgan fingerprint density at radius 3 is 2.79 bits per heavy atom. The fraction of sp³-hybridized carbons (Fsp3) is 0.692. The molecule has 0 spiro atoms. The van der Waals surface area contributed by atoms with E-state index < -0.39 is 0 Å². The highest BCUT2D eigenvalue weighted by Gasteiger charge is 2.25. The average Bonchev–Trinajstić information content (AvgIpc) is 2.36. The van der Waals surface area contributed by atoms with E-state index >= 15 is 0 Å². The summed E-state index contributed by atoms with van der Waals surface area (Å²) in [7, 11) is 0. The molecule has 1 aliphatic rings. The fourth-order valence-corrected chi connectivity index (χ4v) is 2.66. The molecule has 2 atom stereocenters. The highest BCUT2D eigenvalue weighted by Crippen LogP contribution is 2.26. The maximum absolute atomic E-state index is 12.1. The highest BCUT2D eigenvalue weighted by molar-refractivity contribution is 6.33. The molecular formula is C13H21ClN4O. The Hall–Kier alpha value is -1.07. The van der Waals surface area contributed by atoms with Crippen molar-refractivity contribution in [3.8, 4) is 0 Å². The van der Waals surface area contributed by atoms with Gasteiger partial charge in [-0.25, -0.2) is 4.68 Å². The summed E-state index contributed by atoms with van der Waals surface area (Å²) in [6.07, 6.45) is 2.60. The van der Waals surface area contributed by atoms with Gasteiger partial charge in [-0.3, -0.25) is 4.79 Å². The predicted octanol–water partition coefficient (Wildman–Crippen LogP) is 1.65. The third kappa shape index (κ3) is 2.77. The summed E-state index contributed by atoms with van der Waals surface area (Å²) in [6, 6.07) is 0.228. The van der Waals surface area contributed by atoms with Crippen LogP contribution in [-0.4, -0.2) is 28.9 Å². The van der Waals surface area contributed by atoms with Gasteiger partial charge in [-0.15, -0.1) is 0 Å². The largest absolute Gasteiger partial charge is 0.368 e. The molecule has 1 aromatic rings. The molecule has 1 aromatic heterocycles. The molecule has 5 nitrogen and oxygen atoms in total. The van der Waals surface area contributed by atoms with E-state index in [9.17, 15) is 4.79 Å². The molecule has 0 aliphatic carbocycles. The lowest BCUT2D eigenvalue weighted by atomic mass is 9.94. The van der Waals surface area contributed by atoms with Crippen LogP contribution in [0.25, 0.3) is 0 Å². The van der Waals surface area contributed by atoms with Gasteiger partial charge in [0.1, 0.15) is 5.02 Å². The number of hydrogen-bond donors (Lipinski definition) is 1. The summed E-state index contributed by atoms with van der Waals surface area (Å²) in [5.41, 5.74) is 6.51. The molecule has 1 saturated heterocycles. The predicted molar refractivity (Wildman–Crippen MR) is 77.9 cm³/mol. The molecule has 2 rings (SSSR count). The SMILES string of the molecule is CC1CN(c2cnn(C(C)C)c(=O)c2Cl)CCC1N. The van der Waals surface area contributed by atoms with Crippen LogP contribution in [0.15, 0.2) is 11.0 Å². The van der Waals surface area contributed by atoms with Crippen molar-refractivity contribution < 1.29 is 0 Å². The zero-order chi connectivity index (χ0) is 14.2. The van der Waals surface area contributed by atoms with E-state index in [2.05, 4.69) is 16.9 Å². The Balaban J connectivity index is 2.32. The number of aromatic nitrogens is 2. The van der Waals surface area contributed by atoms with Gasteiger partial charge in [0.25, 0.3) is 5.56 Å². The first kappa shape index (κ1) is 14.3. The Kier molecular flexibility index (Phi) is 4.16. The molecule has 106 valence electrons. The lowest BCUT2D eigenvalue weighted by Gasteiger charge is -2.36. The first-order valence-corrected chi connectivity index (χ1v) is 7.07. The van der Waals surface area contributed by atoms with E-state index in [0.717, 1.165) is 25.2 Å². The summed E-state index contributed by atoms with van der Waals surface area (Å²) in [5.74, 6) is 0.386. The molecular weight excluding hydrogens is 264 g/mol. The lowest BCUT2D eigenvalue weighted by molar-refractivity contribution is 0.382. The van der Waals surface area contributed by atoms with Crippen molar-refractivity contribution >= 4 is 17.3 Å². The molecule has 2 heterocycles. The second-order valence-electron chi connectivity index (χ2n) is 5.56. The van der Waals surface area contributed by atoms with E-state index in [4.69, 9.17) is 17.3 Å². The zero-order valence-corrected chi connectivity index (χ0v) is 12.4. The summed E-state index contributed by atoms with van der Waals surface area (Å²) >= 11 is 6.21. The molecule has 0 aromatic carbocycles. The van der Waals surface area contributed by atoms with Crippen LogP contribution in [0.3, 0.4) is 0 Å². The highest BCUT2D eigenvalue weighted by atomic mass is 35.5. The molecule has 0 bridgehead atoms. The first-order valence-electron chi connectivity index (χ1n) is 6.69. The monoisotopic (exact) mass is 284 g/mol. The first-order chi connectivity index (χ1) is 8.91. The van der Waals surface area contributed by atoms with Gasteiger partial charge in [-0.2, -0.15) is 5.10 Å². The Morgan fingerprint density at radius 1 is 1.53 bits per heavy atom. The van der Waals surface area contributed by atoms with Crippen LogP contribution < -0.4 is 16.2 Å². The normalized spacial score (nSPS) is 24.0. The Morgan fingerprint density at radius 2 is 2.21 bits per heavy atom. The number of hydrogen-bond acceptors (Lipinski definition) is 4. The van der Waals surface area contributed by atoms with Crippen LogP contribution in [0.4, 0.5) is 5.69 Å². The van der Waals surface area contributed by atoms with Crippen molar-refractivity contribution in [1.29, 1.82) is 0 Å². The zero-order valence-electron chi connectivity index (χ0n) is 11.6. The van der Waals surface area contributed by atoms with Crippen molar-refractivity contribution in [2.45, 2.75) is 39.3 Å². The van der Waals surface area contributed by atoms with Gasteiger partial charge in [0, 0.05) is 19.1 Å². The van der Waals surface area contributed by atoms with Crippen LogP contribution in [0.2, 0.25) is 5.02 Å². The molecule has 2 unspecified atom stereocenters. The molecule has 1 aliphatic heterocycles. The molecule has 1 fully saturated rings. The maximum atomic E-state index is 12.1. The number of nitrogens with two attached hydrogens (primary N) is 1. The van der Waals surface area contributed by atoms with Gasteiger partial charge in [-0.1, -0.05) is 18.5 Å². The van der Waals surface area contributed by atoms with E-state index in [1.807, 2.05) is 13.8 Å². The number of nitrogens with zero attached hydrogens (tertiary/aromatic N) is 3. The van der Waals surface area contributed by atoms with E-state index in [-0.39, 0.29) is 22.7 Å². The van der Waals surface area contributed by atoms with Crippen molar-refractivity contribution in [2.75, 3.05) is 18.0 Å². The Bertz CT molecular complexity index is 514. The van der Waals surface area contributed by atoms with Crippen LogP contribution in [0.1, 0.15) is 33.2 Å². The van der Waals surface area contributed by atoms with Gasteiger partial charge >= 0.3 is 0 Å². The molecule has 0 radical (unpaired) electrons. The number of rotatable bonds is 2. The molecule has 2 N–H and O–H groups in total. The van der Waals surface area contributed by atoms with Gasteiger partial charge in [0.2, 0.25) is 0 Å². The molecule has 19 heavy (non-hydrogen) atoms. The second-order valence-corrected chi connectivity index (χ2v) is 5.94. The molecule has 0 saturated carbocycles. The Labute approximate surface area is 118 Å². The van der Waals surface area contributed by atoms with Crippen molar-refractivity contribution in [3.63, 3.8) is 0 Å². The van der Waals surface area contributed by atoms with Gasteiger partial charge in [0.15, 0.2) is 0 Å². The number of halogens is 1. The van der Waals surface area contributed by atoms with Crippen LogP contribution in [-0.2, 0) is 0 Å². The molecule has 6 heteroatoms. The average molecular weight is 285 g/mol. The summed E-state index contributed by atoms with van der Waals surface area (Å²) < 4.78 is 1.41. The fourth-order valence-electron chi connectivity index (χ4n) is 2.41. The topological polar surface area (TPSA) is 64.2 Å². The maximum Gasteiger partial charge on any atom is 0.287 e. The molecule has 0 amide bonds. The summed E-state index contributed by atoms with van der Waals surface area (Å²) in [5, 5.41) is 4.46. The minimum absolute atomic E-state index is 0.00718. The third-order valence-corrected chi connectivity index (χ3v) is 4.08. The third-order valence-electron chi connectivity index (χ3n) is 3.73. The summed E-state index contributed by atoms with van der Waals surface area (Å²) in [6.45, 7) is 7.57. The van der Waals surface area contributed by atoms with E-state index in [1.165, 1.54) is 4.68 Å². The second kappa shape index (κ2) is 5.51. The number of anilines is 1. The van der Waals surface area contributed by atoms with Gasteiger partial charge < -0.3 is 10.6 Å². The van der Waals surface area contributed by atoms with Crippen molar-refractivity contribution in [1.82, 2.24) is 9.78 Å². The van der Waals surface area contributed by atoms with Gasteiger partial charge in [-0.05, 0) is 26.2 Å². The minimum atomic E-state index is -0.225. The van der Waals surface area contributed by atoms with Crippen molar-refractivity contribution in [2.24, 2.45) is 11.7 Å². The number of piperidine rings is 1. The lowest BCUT2D eigenvalue weighted by Crippen LogP contribution is -2.46. The minimum Gasteiger partial charge on any atom is -0.368 e.